The minimum Gasteiger partial charge on any atom is -0.390 e. The lowest BCUT2D eigenvalue weighted by Crippen LogP contribution is -1.88. The van der Waals surface area contributed by atoms with Crippen molar-refractivity contribution in [1.29, 1.82) is 0 Å². The van der Waals surface area contributed by atoms with E-state index < -0.39 is 0 Å². The molecule has 0 unspecified atom stereocenters. The first-order valence-electron chi connectivity index (χ1n) is 3.83. The molecule has 0 aliphatic heterocycles. The fourth-order valence-corrected chi connectivity index (χ4v) is 0.997. The molecule has 2 N–H and O–H groups in total. The van der Waals surface area contributed by atoms with Crippen LogP contribution < -0.4 is 0 Å². The van der Waals surface area contributed by atoms with E-state index in [0.717, 1.165) is 0 Å². The number of rotatable bonds is 2. The third-order valence-corrected chi connectivity index (χ3v) is 1.61. The molecule has 2 aromatic rings. The van der Waals surface area contributed by atoms with Gasteiger partial charge in [-0.2, -0.15) is 5.10 Å². The van der Waals surface area contributed by atoms with Crippen LogP contribution in [0.3, 0.4) is 0 Å². The summed E-state index contributed by atoms with van der Waals surface area (Å²) in [6.45, 7) is -0.0484. The number of nitrogens with zero attached hydrogens (tertiary/aromatic N) is 3. The molecular formula is C8H8N4O. The Morgan fingerprint density at radius 1 is 1.46 bits per heavy atom. The van der Waals surface area contributed by atoms with E-state index in [9.17, 15) is 0 Å². The van der Waals surface area contributed by atoms with Gasteiger partial charge in [0.05, 0.1) is 18.5 Å². The number of nitrogens with one attached hydrogen (secondary N) is 1. The second-order valence-corrected chi connectivity index (χ2v) is 2.52. The standard InChI is InChI=1S/C8H8N4O/c13-5-6-4-9-8(11-6)7-2-1-3-10-12-7/h1-4,13H,5H2,(H,9,11). The fraction of sp³-hybridized carbons (Fsp3) is 0.125. The van der Waals surface area contributed by atoms with Gasteiger partial charge in [-0.25, -0.2) is 4.98 Å². The van der Waals surface area contributed by atoms with Crippen LogP contribution in [-0.4, -0.2) is 25.3 Å². The van der Waals surface area contributed by atoms with Crippen LogP contribution in [0.25, 0.3) is 11.5 Å². The lowest BCUT2D eigenvalue weighted by atomic mass is 10.4. The van der Waals surface area contributed by atoms with Gasteiger partial charge in [0.25, 0.3) is 0 Å². The second-order valence-electron chi connectivity index (χ2n) is 2.52. The fourth-order valence-electron chi connectivity index (χ4n) is 0.997. The summed E-state index contributed by atoms with van der Waals surface area (Å²) in [5, 5.41) is 16.4. The Morgan fingerprint density at radius 2 is 2.38 bits per heavy atom. The highest BCUT2D eigenvalue weighted by Gasteiger charge is 2.02. The van der Waals surface area contributed by atoms with Gasteiger partial charge < -0.3 is 10.1 Å². The molecule has 2 heterocycles. The molecule has 0 atom stereocenters. The first kappa shape index (κ1) is 7.88. The molecule has 0 amide bonds. The van der Waals surface area contributed by atoms with Crippen LogP contribution in [0.2, 0.25) is 0 Å². The third kappa shape index (κ3) is 1.54. The van der Waals surface area contributed by atoms with E-state index in [1.807, 2.05) is 0 Å². The van der Waals surface area contributed by atoms with Crippen LogP contribution in [0.5, 0.6) is 0 Å². The van der Waals surface area contributed by atoms with Crippen molar-refractivity contribution < 1.29 is 5.11 Å². The molecule has 0 bridgehead atoms. The number of hydrogen-bond acceptors (Lipinski definition) is 4. The van der Waals surface area contributed by atoms with Crippen LogP contribution in [0.15, 0.2) is 24.5 Å². The van der Waals surface area contributed by atoms with Crippen LogP contribution in [-0.2, 0) is 6.61 Å². The molecule has 5 heteroatoms. The van der Waals surface area contributed by atoms with Crippen LogP contribution in [0.1, 0.15) is 5.69 Å². The third-order valence-electron chi connectivity index (χ3n) is 1.61. The van der Waals surface area contributed by atoms with Crippen molar-refractivity contribution in [3.05, 3.63) is 30.2 Å². The Labute approximate surface area is 74.5 Å². The summed E-state index contributed by atoms with van der Waals surface area (Å²) in [6.07, 6.45) is 3.17. The molecule has 0 saturated heterocycles. The average Bonchev–Trinajstić information content (AvgIpc) is 2.67. The summed E-state index contributed by atoms with van der Waals surface area (Å²) in [4.78, 5) is 6.95. The number of imidazole rings is 1. The lowest BCUT2D eigenvalue weighted by molar-refractivity contribution is 0.277. The molecule has 0 saturated carbocycles. The van der Waals surface area contributed by atoms with Gasteiger partial charge in [0.2, 0.25) is 0 Å². The van der Waals surface area contributed by atoms with Gasteiger partial charge in [0, 0.05) is 6.20 Å². The lowest BCUT2D eigenvalue weighted by Gasteiger charge is -1.92. The van der Waals surface area contributed by atoms with Crippen molar-refractivity contribution in [3.8, 4) is 11.5 Å². The molecular weight excluding hydrogens is 168 g/mol. The summed E-state index contributed by atoms with van der Waals surface area (Å²) in [5.41, 5.74) is 1.34. The SMILES string of the molecule is OCc1cnc(-c2cccnn2)[nH]1. The van der Waals surface area contributed by atoms with Gasteiger partial charge in [-0.05, 0) is 12.1 Å². The molecule has 2 rings (SSSR count). The summed E-state index contributed by atoms with van der Waals surface area (Å²) < 4.78 is 0. The molecule has 2 aromatic heterocycles. The number of aliphatic hydroxyl groups is 1. The molecule has 0 fully saturated rings. The smallest absolute Gasteiger partial charge is 0.158 e. The summed E-state index contributed by atoms with van der Waals surface area (Å²) in [5.74, 6) is 0.622. The Hall–Kier alpha value is -1.75. The van der Waals surface area contributed by atoms with Gasteiger partial charge in [-0.15, -0.1) is 5.10 Å². The van der Waals surface area contributed by atoms with E-state index >= 15 is 0 Å². The monoisotopic (exact) mass is 176 g/mol. The average molecular weight is 176 g/mol. The first-order chi connectivity index (χ1) is 6.40. The van der Waals surface area contributed by atoms with Crippen molar-refractivity contribution in [2.45, 2.75) is 6.61 Å². The Kier molecular flexibility index (Phi) is 2.01. The number of aromatic amines is 1. The van der Waals surface area contributed by atoms with E-state index in [1.165, 1.54) is 0 Å². The maximum atomic E-state index is 8.79. The molecule has 0 spiro atoms. The van der Waals surface area contributed by atoms with Crippen molar-refractivity contribution in [2.75, 3.05) is 0 Å². The Morgan fingerprint density at radius 3 is 3.00 bits per heavy atom. The number of aromatic nitrogens is 4. The van der Waals surface area contributed by atoms with Gasteiger partial charge in [-0.3, -0.25) is 0 Å². The van der Waals surface area contributed by atoms with E-state index in [4.69, 9.17) is 5.11 Å². The summed E-state index contributed by atoms with van der Waals surface area (Å²) in [7, 11) is 0. The number of aliphatic hydroxyl groups excluding tert-OH is 1. The zero-order valence-corrected chi connectivity index (χ0v) is 6.81. The molecule has 0 aromatic carbocycles. The van der Waals surface area contributed by atoms with E-state index in [1.54, 1.807) is 24.5 Å². The van der Waals surface area contributed by atoms with Gasteiger partial charge in [-0.1, -0.05) is 0 Å². The predicted molar refractivity (Wildman–Crippen MR) is 45.5 cm³/mol. The van der Waals surface area contributed by atoms with Crippen molar-refractivity contribution >= 4 is 0 Å². The highest BCUT2D eigenvalue weighted by Crippen LogP contribution is 2.10. The Balaban J connectivity index is 2.36. The zero-order valence-electron chi connectivity index (χ0n) is 6.81. The molecule has 0 aliphatic rings. The van der Waals surface area contributed by atoms with Gasteiger partial charge in [0.15, 0.2) is 5.82 Å². The minimum absolute atomic E-state index is 0.0484. The molecule has 5 nitrogen and oxygen atoms in total. The molecule has 66 valence electrons. The summed E-state index contributed by atoms with van der Waals surface area (Å²) in [6, 6.07) is 3.58. The zero-order chi connectivity index (χ0) is 9.10. The number of hydrogen-bond donors (Lipinski definition) is 2. The van der Waals surface area contributed by atoms with Gasteiger partial charge in [0.1, 0.15) is 5.69 Å². The van der Waals surface area contributed by atoms with Crippen LogP contribution in [0, 0.1) is 0 Å². The molecule has 0 aliphatic carbocycles. The highest BCUT2D eigenvalue weighted by atomic mass is 16.3. The summed E-state index contributed by atoms with van der Waals surface area (Å²) >= 11 is 0. The van der Waals surface area contributed by atoms with Crippen LogP contribution >= 0.6 is 0 Å². The van der Waals surface area contributed by atoms with Crippen molar-refractivity contribution in [1.82, 2.24) is 20.2 Å². The normalized spacial score (nSPS) is 10.2. The Bertz CT molecular complexity index is 384. The quantitative estimate of drug-likeness (QED) is 0.692. The second kappa shape index (κ2) is 3.32. The van der Waals surface area contributed by atoms with E-state index in [0.29, 0.717) is 17.2 Å². The van der Waals surface area contributed by atoms with E-state index in [2.05, 4.69) is 20.2 Å². The predicted octanol–water partition coefficient (Wildman–Crippen LogP) is 0.359. The first-order valence-corrected chi connectivity index (χ1v) is 3.83. The number of H-pyrrole nitrogens is 1. The van der Waals surface area contributed by atoms with E-state index in [-0.39, 0.29) is 6.61 Å². The topological polar surface area (TPSA) is 74.7 Å². The van der Waals surface area contributed by atoms with Crippen molar-refractivity contribution in [3.63, 3.8) is 0 Å². The maximum absolute atomic E-state index is 8.79. The molecule has 0 radical (unpaired) electrons. The van der Waals surface area contributed by atoms with Gasteiger partial charge >= 0.3 is 0 Å². The van der Waals surface area contributed by atoms with Crippen molar-refractivity contribution in [2.24, 2.45) is 0 Å². The highest BCUT2D eigenvalue weighted by molar-refractivity contribution is 5.47. The molecule has 13 heavy (non-hydrogen) atoms. The largest absolute Gasteiger partial charge is 0.390 e. The minimum atomic E-state index is -0.0484. The van der Waals surface area contributed by atoms with Crippen LogP contribution in [0.4, 0.5) is 0 Å². The maximum Gasteiger partial charge on any atom is 0.158 e.